The molecule has 144 valence electrons. The van der Waals surface area contributed by atoms with Gasteiger partial charge in [0.15, 0.2) is 0 Å². The van der Waals surface area contributed by atoms with Crippen LogP contribution >= 0.6 is 0 Å². The molecule has 3 aromatic rings. The van der Waals surface area contributed by atoms with E-state index >= 15 is 0 Å². The molecule has 3 aromatic carbocycles. The zero-order chi connectivity index (χ0) is 20.5. The van der Waals surface area contributed by atoms with Gasteiger partial charge in [-0.05, 0) is 49.2 Å². The number of carbonyl (C=O) groups excluding carboxylic acids is 2. The van der Waals surface area contributed by atoms with Crippen molar-refractivity contribution in [2.24, 2.45) is 0 Å². The van der Waals surface area contributed by atoms with Gasteiger partial charge < -0.3 is 4.90 Å². The lowest BCUT2D eigenvalue weighted by molar-refractivity contribution is -0.120. The lowest BCUT2D eigenvalue weighted by Crippen LogP contribution is -2.34. The molecule has 4 rings (SSSR count). The third-order valence-electron chi connectivity index (χ3n) is 5.20. The minimum absolute atomic E-state index is 0.300. The number of rotatable bonds is 4. The highest BCUT2D eigenvalue weighted by Gasteiger charge is 2.42. The Balaban J connectivity index is 1.92. The van der Waals surface area contributed by atoms with Crippen LogP contribution in [0.15, 0.2) is 84.6 Å². The van der Waals surface area contributed by atoms with E-state index in [0.717, 1.165) is 22.4 Å². The quantitative estimate of drug-likeness (QED) is 0.613. The normalized spacial score (nSPS) is 14.0. The third kappa shape index (κ3) is 3.23. The molecule has 0 saturated heterocycles. The lowest BCUT2D eigenvalue weighted by Gasteiger charge is -2.21. The first kappa shape index (κ1) is 18.7. The number of para-hydroxylation sites is 2. The summed E-state index contributed by atoms with van der Waals surface area (Å²) < 4.78 is 0. The van der Waals surface area contributed by atoms with E-state index in [2.05, 4.69) is 0 Å². The predicted octanol–water partition coefficient (Wildman–Crippen LogP) is 4.72. The van der Waals surface area contributed by atoms with Crippen LogP contribution in [0.3, 0.4) is 0 Å². The molecular weight excluding hydrogens is 360 g/mol. The molecule has 4 heteroatoms. The van der Waals surface area contributed by atoms with Gasteiger partial charge in [0.1, 0.15) is 5.70 Å². The summed E-state index contributed by atoms with van der Waals surface area (Å²) in [5.74, 6) is -0.617. The first-order chi connectivity index (χ1) is 14.0. The van der Waals surface area contributed by atoms with Gasteiger partial charge in [-0.1, -0.05) is 60.2 Å². The summed E-state index contributed by atoms with van der Waals surface area (Å²) in [4.78, 5) is 30.1. The molecule has 4 nitrogen and oxygen atoms in total. The predicted molar refractivity (Wildman–Crippen MR) is 117 cm³/mol. The fourth-order valence-electron chi connectivity index (χ4n) is 3.76. The van der Waals surface area contributed by atoms with Gasteiger partial charge in [-0.25, -0.2) is 4.90 Å². The highest BCUT2D eigenvalue weighted by atomic mass is 16.2. The van der Waals surface area contributed by atoms with Gasteiger partial charge in [-0.15, -0.1) is 0 Å². The summed E-state index contributed by atoms with van der Waals surface area (Å²) in [6.07, 6.45) is 0. The largest absolute Gasteiger partial charge is 0.339 e. The zero-order valence-electron chi connectivity index (χ0n) is 16.7. The summed E-state index contributed by atoms with van der Waals surface area (Å²) in [6, 6.07) is 24.6. The summed E-state index contributed by atoms with van der Waals surface area (Å²) in [7, 11) is 1.83. The van der Waals surface area contributed by atoms with E-state index < -0.39 is 0 Å². The van der Waals surface area contributed by atoms with Crippen molar-refractivity contribution < 1.29 is 9.59 Å². The molecule has 0 aromatic heterocycles. The molecule has 0 atom stereocenters. The fraction of sp³-hybridized carbons (Fsp3) is 0.120. The third-order valence-corrected chi connectivity index (χ3v) is 5.20. The van der Waals surface area contributed by atoms with Crippen LogP contribution in [0.5, 0.6) is 0 Å². The van der Waals surface area contributed by atoms with Crippen molar-refractivity contribution in [3.8, 4) is 0 Å². The lowest BCUT2D eigenvalue weighted by atomic mass is 9.97. The second-order valence-corrected chi connectivity index (χ2v) is 7.22. The van der Waals surface area contributed by atoms with Gasteiger partial charge in [-0.3, -0.25) is 9.59 Å². The highest BCUT2D eigenvalue weighted by molar-refractivity contribution is 6.46. The van der Waals surface area contributed by atoms with Crippen molar-refractivity contribution in [3.05, 3.63) is 101 Å². The van der Waals surface area contributed by atoms with Gasteiger partial charge in [0.05, 0.1) is 11.3 Å². The van der Waals surface area contributed by atoms with E-state index in [1.807, 2.05) is 87.6 Å². The molecule has 0 spiro atoms. The Labute approximate surface area is 170 Å². The molecule has 0 bridgehead atoms. The monoisotopic (exact) mass is 382 g/mol. The SMILES string of the molecule is Cc1ccc(C2=C(N(C)c3ccccc3)C(=O)N(c3ccccc3)C2=O)c(C)c1. The molecule has 0 fully saturated rings. The number of likely N-dealkylation sites (N-methyl/N-ethyl adjacent to an activating group) is 1. The summed E-state index contributed by atoms with van der Waals surface area (Å²) in [6.45, 7) is 3.98. The smallest absolute Gasteiger partial charge is 0.282 e. The van der Waals surface area contributed by atoms with Crippen LogP contribution < -0.4 is 9.80 Å². The molecule has 1 heterocycles. The number of imide groups is 1. The Morgan fingerprint density at radius 3 is 2.00 bits per heavy atom. The average molecular weight is 382 g/mol. The van der Waals surface area contributed by atoms with Crippen molar-refractivity contribution in [3.63, 3.8) is 0 Å². The first-order valence-electron chi connectivity index (χ1n) is 9.53. The maximum Gasteiger partial charge on any atom is 0.282 e. The first-order valence-corrected chi connectivity index (χ1v) is 9.53. The van der Waals surface area contributed by atoms with Crippen LogP contribution in [-0.4, -0.2) is 18.9 Å². The number of hydrogen-bond donors (Lipinski definition) is 0. The van der Waals surface area contributed by atoms with Crippen molar-refractivity contribution in [1.29, 1.82) is 0 Å². The van der Waals surface area contributed by atoms with Gasteiger partial charge >= 0.3 is 0 Å². The molecule has 1 aliphatic heterocycles. The van der Waals surface area contributed by atoms with Gasteiger partial charge in [0, 0.05) is 12.7 Å². The number of anilines is 2. The molecule has 0 unspecified atom stereocenters. The van der Waals surface area contributed by atoms with Crippen molar-refractivity contribution in [2.75, 3.05) is 16.8 Å². The maximum absolute atomic E-state index is 13.5. The van der Waals surface area contributed by atoms with Gasteiger partial charge in [-0.2, -0.15) is 0 Å². The molecule has 0 radical (unpaired) electrons. The number of benzene rings is 3. The molecule has 2 amide bonds. The zero-order valence-corrected chi connectivity index (χ0v) is 16.7. The van der Waals surface area contributed by atoms with E-state index in [9.17, 15) is 9.59 Å². The maximum atomic E-state index is 13.5. The molecule has 0 saturated carbocycles. The summed E-state index contributed by atoms with van der Waals surface area (Å²) in [5, 5.41) is 0. The summed E-state index contributed by atoms with van der Waals surface area (Å²) >= 11 is 0. The highest BCUT2D eigenvalue weighted by Crippen LogP contribution is 2.37. The van der Waals surface area contributed by atoms with E-state index in [1.54, 1.807) is 17.0 Å². The Morgan fingerprint density at radius 1 is 0.759 bits per heavy atom. The van der Waals surface area contributed by atoms with E-state index in [-0.39, 0.29) is 11.8 Å². The minimum atomic E-state index is -0.317. The van der Waals surface area contributed by atoms with E-state index in [1.165, 1.54) is 4.90 Å². The molecule has 1 aliphatic rings. The number of carbonyl (C=O) groups is 2. The molecule has 0 N–H and O–H groups in total. The Bertz CT molecular complexity index is 1120. The standard InChI is InChI=1S/C25H22N2O2/c1-17-14-15-21(18(2)16-17)22-23(26(3)19-10-6-4-7-11-19)25(29)27(24(22)28)20-12-8-5-9-13-20/h4-16H,1-3H3. The van der Waals surface area contributed by atoms with Crippen molar-refractivity contribution >= 4 is 28.8 Å². The van der Waals surface area contributed by atoms with Crippen LogP contribution in [0.1, 0.15) is 16.7 Å². The van der Waals surface area contributed by atoms with E-state index in [0.29, 0.717) is 17.0 Å². The average Bonchev–Trinajstić information content (AvgIpc) is 2.99. The van der Waals surface area contributed by atoms with Crippen LogP contribution in [-0.2, 0) is 9.59 Å². The van der Waals surface area contributed by atoms with E-state index in [4.69, 9.17) is 0 Å². The number of aryl methyl sites for hydroxylation is 2. The second-order valence-electron chi connectivity index (χ2n) is 7.22. The minimum Gasteiger partial charge on any atom is -0.339 e. The number of amides is 2. The molecule has 29 heavy (non-hydrogen) atoms. The number of hydrogen-bond acceptors (Lipinski definition) is 3. The van der Waals surface area contributed by atoms with Crippen LogP contribution in [0.2, 0.25) is 0 Å². The van der Waals surface area contributed by atoms with Crippen LogP contribution in [0.4, 0.5) is 11.4 Å². The van der Waals surface area contributed by atoms with Gasteiger partial charge in [0.2, 0.25) is 0 Å². The Kier molecular flexibility index (Phi) is 4.77. The molecule has 0 aliphatic carbocycles. The Morgan fingerprint density at radius 2 is 1.38 bits per heavy atom. The fourth-order valence-corrected chi connectivity index (χ4v) is 3.76. The van der Waals surface area contributed by atoms with Crippen LogP contribution in [0.25, 0.3) is 5.57 Å². The topological polar surface area (TPSA) is 40.6 Å². The molecular formula is C25H22N2O2. The summed E-state index contributed by atoms with van der Waals surface area (Å²) in [5.41, 5.74) is 5.10. The van der Waals surface area contributed by atoms with Gasteiger partial charge in [0.25, 0.3) is 11.8 Å². The van der Waals surface area contributed by atoms with Crippen molar-refractivity contribution in [1.82, 2.24) is 0 Å². The van der Waals surface area contributed by atoms with Crippen molar-refractivity contribution in [2.45, 2.75) is 13.8 Å². The Hall–Kier alpha value is -3.66. The number of nitrogens with zero attached hydrogens (tertiary/aromatic N) is 2. The second kappa shape index (κ2) is 7.40. The van der Waals surface area contributed by atoms with Crippen LogP contribution in [0, 0.1) is 13.8 Å².